The average Bonchev–Trinajstić information content (AvgIpc) is 2.62. The van der Waals surface area contributed by atoms with E-state index in [1.54, 1.807) is 6.20 Å². The van der Waals surface area contributed by atoms with Crippen molar-refractivity contribution in [3.05, 3.63) is 23.1 Å². The van der Waals surface area contributed by atoms with Crippen molar-refractivity contribution in [3.8, 4) is 0 Å². The summed E-state index contributed by atoms with van der Waals surface area (Å²) in [5.41, 5.74) is 6.21. The van der Waals surface area contributed by atoms with Crippen LogP contribution in [0.15, 0.2) is 32.4 Å². The lowest BCUT2D eigenvalue weighted by atomic mass is 10.4. The predicted octanol–water partition coefficient (Wildman–Crippen LogP) is 2.43. The van der Waals surface area contributed by atoms with Crippen molar-refractivity contribution in [1.29, 1.82) is 0 Å². The number of aromatic nitrogens is 3. The highest BCUT2D eigenvalue weighted by atomic mass is 79.9. The first-order chi connectivity index (χ1) is 6.75. The van der Waals surface area contributed by atoms with E-state index in [-0.39, 0.29) is 0 Å². The Morgan fingerprint density at radius 2 is 2.29 bits per heavy atom. The van der Waals surface area contributed by atoms with Crippen molar-refractivity contribution in [2.24, 2.45) is 0 Å². The summed E-state index contributed by atoms with van der Waals surface area (Å²) in [6, 6.07) is 1.82. The molecule has 0 bridgehead atoms. The first-order valence-corrected chi connectivity index (χ1v) is 5.99. The monoisotopic (exact) mass is 288 g/mol. The van der Waals surface area contributed by atoms with E-state index in [0.717, 1.165) is 13.8 Å². The summed E-state index contributed by atoms with van der Waals surface area (Å²) >= 11 is 6.19. The van der Waals surface area contributed by atoms with Gasteiger partial charge in [-0.2, -0.15) is 4.37 Å². The maximum absolute atomic E-state index is 5.57. The van der Waals surface area contributed by atoms with E-state index >= 15 is 0 Å². The zero-order valence-corrected chi connectivity index (χ0v) is 10.1. The molecule has 0 aliphatic heterocycles. The fraction of sp³-hybridized carbons (Fsp3) is 0. The zero-order valence-electron chi connectivity index (χ0n) is 6.85. The quantitative estimate of drug-likeness (QED) is 0.919. The molecule has 0 amide bonds. The third kappa shape index (κ3) is 2.23. The summed E-state index contributed by atoms with van der Waals surface area (Å²) in [6.45, 7) is 0. The zero-order chi connectivity index (χ0) is 9.97. The number of nitrogens with two attached hydrogens (primary N) is 1. The van der Waals surface area contributed by atoms with Crippen LogP contribution in [0.4, 0.5) is 5.69 Å². The van der Waals surface area contributed by atoms with Gasteiger partial charge in [-0.15, -0.1) is 0 Å². The molecular weight excluding hydrogens is 284 g/mol. The van der Waals surface area contributed by atoms with Crippen LogP contribution in [0.1, 0.15) is 0 Å². The molecular formula is C7H5BrN4S2. The van der Waals surface area contributed by atoms with Crippen molar-refractivity contribution >= 4 is 44.9 Å². The van der Waals surface area contributed by atoms with E-state index < -0.39 is 0 Å². The van der Waals surface area contributed by atoms with Gasteiger partial charge in [-0.1, -0.05) is 0 Å². The molecule has 2 aromatic rings. The highest BCUT2D eigenvalue weighted by Crippen LogP contribution is 2.32. The molecule has 0 aliphatic carbocycles. The van der Waals surface area contributed by atoms with Gasteiger partial charge in [0.1, 0.15) is 11.4 Å². The van der Waals surface area contributed by atoms with E-state index in [2.05, 4.69) is 30.3 Å². The molecule has 0 aliphatic rings. The van der Waals surface area contributed by atoms with Gasteiger partial charge in [-0.05, 0) is 45.3 Å². The average molecular weight is 289 g/mol. The molecule has 0 fully saturated rings. The normalized spacial score (nSPS) is 10.4. The van der Waals surface area contributed by atoms with E-state index in [9.17, 15) is 0 Å². The van der Waals surface area contributed by atoms with Crippen LogP contribution < -0.4 is 5.73 Å². The van der Waals surface area contributed by atoms with E-state index in [0.29, 0.717) is 5.69 Å². The Hall–Kier alpha value is -0.660. The van der Waals surface area contributed by atoms with E-state index in [1.165, 1.54) is 29.6 Å². The summed E-state index contributed by atoms with van der Waals surface area (Å²) in [6.07, 6.45) is 3.15. The molecule has 0 aromatic carbocycles. The molecule has 2 N–H and O–H groups in total. The second-order valence-corrected chi connectivity index (χ2v) is 5.24. The van der Waals surface area contributed by atoms with Gasteiger partial charge in [0.05, 0.1) is 16.4 Å². The molecule has 0 saturated heterocycles. The molecule has 2 aromatic heterocycles. The Morgan fingerprint density at radius 1 is 1.43 bits per heavy atom. The number of nitrogens with zero attached hydrogens (tertiary/aromatic N) is 3. The number of pyridine rings is 1. The maximum Gasteiger partial charge on any atom is 0.176 e. The molecule has 2 rings (SSSR count). The van der Waals surface area contributed by atoms with Gasteiger partial charge in [0.15, 0.2) is 4.34 Å². The van der Waals surface area contributed by atoms with E-state index in [1.807, 2.05) is 6.07 Å². The van der Waals surface area contributed by atoms with Crippen LogP contribution in [0.2, 0.25) is 0 Å². The van der Waals surface area contributed by atoms with Crippen molar-refractivity contribution < 1.29 is 0 Å². The van der Waals surface area contributed by atoms with Gasteiger partial charge in [0.2, 0.25) is 0 Å². The topological polar surface area (TPSA) is 64.7 Å². The largest absolute Gasteiger partial charge is 0.397 e. The van der Waals surface area contributed by atoms with Gasteiger partial charge < -0.3 is 5.73 Å². The molecule has 14 heavy (non-hydrogen) atoms. The Labute approximate surface area is 97.3 Å². The lowest BCUT2D eigenvalue weighted by Crippen LogP contribution is -1.88. The molecule has 7 heteroatoms. The van der Waals surface area contributed by atoms with Gasteiger partial charge in [-0.3, -0.25) is 0 Å². The molecule has 4 nitrogen and oxygen atoms in total. The third-order valence-corrected chi connectivity index (χ3v) is 3.95. The highest BCUT2D eigenvalue weighted by Gasteiger charge is 2.06. The smallest absolute Gasteiger partial charge is 0.176 e. The Morgan fingerprint density at radius 3 is 2.93 bits per heavy atom. The van der Waals surface area contributed by atoms with Gasteiger partial charge >= 0.3 is 0 Å². The molecule has 0 saturated carbocycles. The SMILES string of the molecule is Nc1cnc(Sc2ncns2)c(Br)c1. The fourth-order valence-electron chi connectivity index (χ4n) is 0.806. The number of hydrogen-bond acceptors (Lipinski definition) is 6. The molecule has 0 spiro atoms. The summed E-state index contributed by atoms with van der Waals surface area (Å²) in [4.78, 5) is 8.24. The minimum absolute atomic E-state index is 0.637. The molecule has 72 valence electrons. The Bertz CT molecular complexity index is 431. The van der Waals surface area contributed by atoms with Gasteiger partial charge in [0, 0.05) is 0 Å². The van der Waals surface area contributed by atoms with Crippen LogP contribution in [0.5, 0.6) is 0 Å². The standard InChI is InChI=1S/C7H5BrN4S2/c8-5-1-4(9)2-10-6(5)13-7-11-3-12-14-7/h1-3H,9H2. The second-order valence-electron chi connectivity index (χ2n) is 2.36. The third-order valence-electron chi connectivity index (χ3n) is 1.35. The van der Waals surface area contributed by atoms with Crippen molar-refractivity contribution in [2.75, 3.05) is 5.73 Å². The lowest BCUT2D eigenvalue weighted by Gasteiger charge is -2.00. The number of rotatable bonds is 2. The fourth-order valence-corrected chi connectivity index (χ4v) is 2.74. The van der Waals surface area contributed by atoms with Crippen LogP contribution in [-0.4, -0.2) is 14.3 Å². The van der Waals surface area contributed by atoms with Crippen LogP contribution in [0.3, 0.4) is 0 Å². The summed E-state index contributed by atoms with van der Waals surface area (Å²) in [5.74, 6) is 0. The van der Waals surface area contributed by atoms with Crippen LogP contribution in [-0.2, 0) is 0 Å². The number of anilines is 1. The summed E-state index contributed by atoms with van der Waals surface area (Å²) in [5, 5.41) is 0.843. The Balaban J connectivity index is 2.25. The second kappa shape index (κ2) is 4.24. The van der Waals surface area contributed by atoms with Crippen molar-refractivity contribution in [3.63, 3.8) is 0 Å². The first-order valence-electron chi connectivity index (χ1n) is 3.61. The number of hydrogen-bond donors (Lipinski definition) is 1. The molecule has 2 heterocycles. The molecule has 0 atom stereocenters. The number of nitrogen functional groups attached to an aromatic ring is 1. The lowest BCUT2D eigenvalue weighted by molar-refractivity contribution is 1.10. The van der Waals surface area contributed by atoms with Gasteiger partial charge in [-0.25, -0.2) is 9.97 Å². The van der Waals surface area contributed by atoms with Crippen molar-refractivity contribution in [2.45, 2.75) is 9.37 Å². The summed E-state index contributed by atoms with van der Waals surface area (Å²) in [7, 11) is 0. The number of halogens is 1. The van der Waals surface area contributed by atoms with E-state index in [4.69, 9.17) is 5.73 Å². The minimum Gasteiger partial charge on any atom is -0.397 e. The maximum atomic E-state index is 5.57. The molecule has 0 radical (unpaired) electrons. The minimum atomic E-state index is 0.637. The van der Waals surface area contributed by atoms with Gasteiger partial charge in [0.25, 0.3) is 0 Å². The predicted molar refractivity (Wildman–Crippen MR) is 60.4 cm³/mol. The molecule has 0 unspecified atom stereocenters. The highest BCUT2D eigenvalue weighted by molar-refractivity contribution is 9.10. The summed E-state index contributed by atoms with van der Waals surface area (Å²) < 4.78 is 5.64. The van der Waals surface area contributed by atoms with Crippen LogP contribution in [0.25, 0.3) is 0 Å². The van der Waals surface area contributed by atoms with Crippen LogP contribution >= 0.6 is 39.2 Å². The van der Waals surface area contributed by atoms with Crippen LogP contribution in [0, 0.1) is 0 Å². The first kappa shape index (κ1) is 9.88. The van der Waals surface area contributed by atoms with Crippen molar-refractivity contribution in [1.82, 2.24) is 14.3 Å². The Kier molecular flexibility index (Phi) is 2.99.